The van der Waals surface area contributed by atoms with Gasteiger partial charge in [0.15, 0.2) is 11.5 Å². The molecule has 1 heterocycles. The minimum Gasteiger partial charge on any atom is -0.488 e. The summed E-state index contributed by atoms with van der Waals surface area (Å²) in [5.41, 5.74) is 4.32. The van der Waals surface area contributed by atoms with Gasteiger partial charge >= 0.3 is 5.97 Å². The van der Waals surface area contributed by atoms with Gasteiger partial charge in [0.2, 0.25) is 0 Å². The summed E-state index contributed by atoms with van der Waals surface area (Å²) < 4.78 is 23.8. The molecule has 0 radical (unpaired) electrons. The van der Waals surface area contributed by atoms with Crippen molar-refractivity contribution in [2.45, 2.75) is 39.1 Å². The number of hydrogen-bond acceptors (Lipinski definition) is 8. The highest BCUT2D eigenvalue weighted by Crippen LogP contribution is 2.37. The van der Waals surface area contributed by atoms with Crippen molar-refractivity contribution in [2.24, 2.45) is 0 Å². The molecule has 3 N–H and O–H groups in total. The number of nitriles is 1. The number of benzene rings is 4. The third-order valence-corrected chi connectivity index (χ3v) is 8.00. The van der Waals surface area contributed by atoms with Gasteiger partial charge in [-0.2, -0.15) is 5.26 Å². The van der Waals surface area contributed by atoms with Crippen molar-refractivity contribution in [1.29, 1.82) is 5.26 Å². The lowest BCUT2D eigenvalue weighted by atomic mass is 9.96. The molecule has 1 aliphatic rings. The Labute approximate surface area is 266 Å². The minimum atomic E-state index is -1.57. The number of nitrogens with one attached hydrogen (secondary N) is 1. The fourth-order valence-electron chi connectivity index (χ4n) is 4.86. The lowest BCUT2D eigenvalue weighted by molar-refractivity contribution is -0.145. The molecule has 5 rings (SSSR count). The van der Waals surface area contributed by atoms with Crippen LogP contribution in [-0.4, -0.2) is 41.5 Å². The van der Waals surface area contributed by atoms with E-state index in [0.717, 1.165) is 39.3 Å². The van der Waals surface area contributed by atoms with E-state index in [4.69, 9.17) is 30.5 Å². The van der Waals surface area contributed by atoms with Crippen molar-refractivity contribution in [2.75, 3.05) is 19.8 Å². The molecule has 4 aromatic rings. The van der Waals surface area contributed by atoms with E-state index >= 15 is 0 Å². The maximum Gasteiger partial charge on any atom is 0.326 e. The van der Waals surface area contributed by atoms with E-state index in [1.165, 1.54) is 6.92 Å². The molecule has 10 heteroatoms. The number of aliphatic carboxylic acids is 1. The molecule has 0 spiro atoms. The monoisotopic (exact) mass is 628 g/mol. The summed E-state index contributed by atoms with van der Waals surface area (Å²) in [7, 11) is 0. The summed E-state index contributed by atoms with van der Waals surface area (Å²) in [5, 5.41) is 31.7. The largest absolute Gasteiger partial charge is 0.488 e. The van der Waals surface area contributed by atoms with Gasteiger partial charge in [0.25, 0.3) is 0 Å². The third kappa shape index (κ3) is 7.32. The second kappa shape index (κ2) is 13.9. The van der Waals surface area contributed by atoms with Gasteiger partial charge in [-0.3, -0.25) is 10.1 Å². The van der Waals surface area contributed by atoms with Crippen LogP contribution in [0.2, 0.25) is 5.02 Å². The Morgan fingerprint density at radius 2 is 1.73 bits per heavy atom. The highest BCUT2D eigenvalue weighted by Gasteiger charge is 2.32. The Morgan fingerprint density at radius 1 is 0.978 bits per heavy atom. The van der Waals surface area contributed by atoms with Gasteiger partial charge < -0.3 is 29.2 Å². The first-order valence-electron chi connectivity index (χ1n) is 14.4. The minimum absolute atomic E-state index is 0.0492. The van der Waals surface area contributed by atoms with Gasteiger partial charge in [0.1, 0.15) is 43.5 Å². The molecule has 0 saturated heterocycles. The summed E-state index contributed by atoms with van der Waals surface area (Å²) >= 11 is 6.67. The van der Waals surface area contributed by atoms with E-state index in [1.807, 2.05) is 49.4 Å². The first-order chi connectivity index (χ1) is 21.7. The van der Waals surface area contributed by atoms with E-state index in [1.54, 1.807) is 30.3 Å². The van der Waals surface area contributed by atoms with Crippen LogP contribution in [-0.2, 0) is 24.6 Å². The molecule has 9 nitrogen and oxygen atoms in total. The molecule has 0 aliphatic carbocycles. The van der Waals surface area contributed by atoms with Gasteiger partial charge in [0, 0.05) is 18.2 Å². The van der Waals surface area contributed by atoms with Crippen LogP contribution in [0.15, 0.2) is 72.8 Å². The van der Waals surface area contributed by atoms with Crippen molar-refractivity contribution >= 4 is 17.6 Å². The summed E-state index contributed by atoms with van der Waals surface area (Å²) in [6.45, 7) is 4.28. The van der Waals surface area contributed by atoms with Crippen molar-refractivity contribution in [3.05, 3.63) is 106 Å². The number of hydrogen-bond donors (Lipinski definition) is 3. The zero-order chi connectivity index (χ0) is 32.0. The van der Waals surface area contributed by atoms with Crippen LogP contribution in [0, 0.1) is 18.3 Å². The normalized spacial score (nSPS) is 13.4. The fourth-order valence-corrected chi connectivity index (χ4v) is 5.10. The maximum absolute atomic E-state index is 11.7. The SMILES string of the molecule is Cc1c(COc2cc(OCc3cccc(C#N)c3)c(CNC(C)(CO)C(=O)O)cc2Cl)cccc1-c1ccc2c(c1)OCCO2. The number of aliphatic hydroxyl groups is 1. The predicted molar refractivity (Wildman–Crippen MR) is 169 cm³/mol. The van der Waals surface area contributed by atoms with Crippen molar-refractivity contribution in [3.63, 3.8) is 0 Å². The zero-order valence-electron chi connectivity index (χ0n) is 24.9. The molecule has 0 amide bonds. The fraction of sp³-hybridized carbons (Fsp3) is 0.257. The molecule has 0 saturated carbocycles. The molecule has 1 aliphatic heterocycles. The van der Waals surface area contributed by atoms with Crippen molar-refractivity contribution in [1.82, 2.24) is 5.32 Å². The van der Waals surface area contributed by atoms with E-state index in [2.05, 4.69) is 11.4 Å². The number of nitrogens with zero attached hydrogens (tertiary/aromatic N) is 1. The second-order valence-corrected chi connectivity index (χ2v) is 11.3. The van der Waals surface area contributed by atoms with Crippen molar-refractivity contribution < 1.29 is 34.0 Å². The highest BCUT2D eigenvalue weighted by molar-refractivity contribution is 6.32. The average molecular weight is 629 g/mol. The number of rotatable bonds is 12. The van der Waals surface area contributed by atoms with Gasteiger partial charge in [-0.05, 0) is 72.0 Å². The molecule has 45 heavy (non-hydrogen) atoms. The summed E-state index contributed by atoms with van der Waals surface area (Å²) in [5.74, 6) is 1.05. The number of fused-ring (bicyclic) bond motifs is 1. The van der Waals surface area contributed by atoms with Gasteiger partial charge in [-0.1, -0.05) is 48.0 Å². The average Bonchev–Trinajstić information content (AvgIpc) is 3.06. The smallest absolute Gasteiger partial charge is 0.326 e. The molecule has 0 fully saturated rings. The zero-order valence-corrected chi connectivity index (χ0v) is 25.7. The van der Waals surface area contributed by atoms with Crippen molar-refractivity contribution in [3.8, 4) is 40.2 Å². The molecule has 1 atom stereocenters. The van der Waals surface area contributed by atoms with Crippen LogP contribution >= 0.6 is 11.6 Å². The van der Waals surface area contributed by atoms with E-state index in [-0.39, 0.29) is 19.8 Å². The van der Waals surface area contributed by atoms with Crippen LogP contribution in [0.3, 0.4) is 0 Å². The molecular weight excluding hydrogens is 596 g/mol. The standard InChI is InChI=1S/C35H33ClN2O7/c1-22-26(7-4-8-28(22)25-9-10-30-33(15-25)43-12-11-42-30)20-45-32-16-31(44-19-24-6-3-5-23(13-24)17-37)27(14-29(32)36)18-38-35(2,21-39)34(40)41/h3-10,13-16,38-39H,11-12,18-21H2,1-2H3,(H,40,41). The maximum atomic E-state index is 11.7. The van der Waals surface area contributed by atoms with Crippen LogP contribution < -0.4 is 24.3 Å². The van der Waals surface area contributed by atoms with E-state index in [9.17, 15) is 20.3 Å². The molecule has 0 aromatic heterocycles. The number of aliphatic hydroxyl groups excluding tert-OH is 1. The Hall–Kier alpha value is -4.75. The highest BCUT2D eigenvalue weighted by atomic mass is 35.5. The first-order valence-corrected chi connectivity index (χ1v) is 14.7. The molecule has 232 valence electrons. The quantitative estimate of drug-likeness (QED) is 0.172. The number of carboxylic acid groups (broad SMARTS) is 1. The van der Waals surface area contributed by atoms with Gasteiger partial charge in [-0.25, -0.2) is 0 Å². The molecule has 0 bridgehead atoms. The number of carbonyl (C=O) groups is 1. The first kappa shape index (κ1) is 31.7. The molecular formula is C35H33ClN2O7. The topological polar surface area (TPSA) is 130 Å². The molecule has 4 aromatic carbocycles. The third-order valence-electron chi connectivity index (χ3n) is 7.71. The Kier molecular flexibility index (Phi) is 9.79. The summed E-state index contributed by atoms with van der Waals surface area (Å²) in [6.07, 6.45) is 0. The van der Waals surface area contributed by atoms with Gasteiger partial charge in [-0.15, -0.1) is 0 Å². The van der Waals surface area contributed by atoms with Gasteiger partial charge in [0.05, 0.1) is 23.3 Å². The lowest BCUT2D eigenvalue weighted by Crippen LogP contribution is -2.52. The second-order valence-electron chi connectivity index (χ2n) is 10.9. The van der Waals surface area contributed by atoms with E-state index < -0.39 is 18.1 Å². The number of carboxylic acids is 1. The number of halogens is 1. The summed E-state index contributed by atoms with van der Waals surface area (Å²) in [6, 6.07) is 24.4. The Balaban J connectivity index is 1.39. The van der Waals surface area contributed by atoms with Crippen LogP contribution in [0.5, 0.6) is 23.0 Å². The number of ether oxygens (including phenoxy) is 4. The Bertz CT molecular complexity index is 1750. The van der Waals surface area contributed by atoms with Crippen LogP contribution in [0.4, 0.5) is 0 Å². The summed E-state index contributed by atoms with van der Waals surface area (Å²) in [4.78, 5) is 11.7. The predicted octanol–water partition coefficient (Wildman–Crippen LogP) is 6.04. The lowest BCUT2D eigenvalue weighted by Gasteiger charge is -2.25. The molecule has 1 unspecified atom stereocenters. The van der Waals surface area contributed by atoms with Crippen LogP contribution in [0.25, 0.3) is 11.1 Å². The van der Waals surface area contributed by atoms with Crippen LogP contribution in [0.1, 0.15) is 34.7 Å². The Morgan fingerprint density at radius 3 is 2.49 bits per heavy atom. The van der Waals surface area contributed by atoms with E-state index in [0.29, 0.717) is 40.9 Å².